The number of hydrogen-bond donors (Lipinski definition) is 0. The van der Waals surface area contributed by atoms with E-state index in [4.69, 9.17) is 14.2 Å². The van der Waals surface area contributed by atoms with Gasteiger partial charge in [-0.25, -0.2) is 4.39 Å². The van der Waals surface area contributed by atoms with Gasteiger partial charge in [0.25, 0.3) is 11.1 Å². The number of benzene rings is 4. The number of amides is 2. The van der Waals surface area contributed by atoms with Crippen LogP contribution in [0.15, 0.2) is 83.8 Å². The van der Waals surface area contributed by atoms with Crippen molar-refractivity contribution in [2.24, 2.45) is 0 Å². The van der Waals surface area contributed by atoms with E-state index in [9.17, 15) is 14.0 Å². The highest BCUT2D eigenvalue weighted by molar-refractivity contribution is 14.1. The highest BCUT2D eigenvalue weighted by atomic mass is 127. The summed E-state index contributed by atoms with van der Waals surface area (Å²) in [4.78, 5) is 27.2. The number of imide groups is 1. The highest BCUT2D eigenvalue weighted by Crippen LogP contribution is 2.38. The third-order valence-corrected chi connectivity index (χ3v) is 7.78. The van der Waals surface area contributed by atoms with Crippen molar-refractivity contribution in [1.29, 1.82) is 0 Å². The molecule has 0 radical (unpaired) electrons. The second kappa shape index (κ2) is 12.1. The van der Waals surface area contributed by atoms with Gasteiger partial charge < -0.3 is 14.2 Å². The van der Waals surface area contributed by atoms with Crippen LogP contribution in [0.25, 0.3) is 16.8 Å². The van der Waals surface area contributed by atoms with Gasteiger partial charge in [-0.15, -0.1) is 0 Å². The van der Waals surface area contributed by atoms with Crippen LogP contribution < -0.4 is 14.2 Å². The summed E-state index contributed by atoms with van der Waals surface area (Å²) in [5.41, 5.74) is 1.10. The average Bonchev–Trinajstić information content (AvgIpc) is 3.20. The monoisotopic (exact) mass is 655 g/mol. The van der Waals surface area contributed by atoms with Gasteiger partial charge in [0.1, 0.15) is 24.8 Å². The zero-order valence-electron chi connectivity index (χ0n) is 20.9. The molecule has 6 nitrogen and oxygen atoms in total. The number of ether oxygens (including phenoxy) is 3. The van der Waals surface area contributed by atoms with E-state index in [-0.39, 0.29) is 36.7 Å². The number of thioether (sulfide) groups is 1. The van der Waals surface area contributed by atoms with Crippen LogP contribution in [0.4, 0.5) is 9.18 Å². The average molecular weight is 655 g/mol. The van der Waals surface area contributed by atoms with Crippen LogP contribution in [-0.2, 0) is 11.4 Å². The summed E-state index contributed by atoms with van der Waals surface area (Å²) in [5, 5.41) is 1.68. The zero-order valence-corrected chi connectivity index (χ0v) is 23.8. The molecule has 9 heteroatoms. The summed E-state index contributed by atoms with van der Waals surface area (Å²) in [6.07, 6.45) is 1.65. The Bertz CT molecular complexity index is 1590. The number of carbonyl (C=O) groups excluding carboxylic acids is 2. The van der Waals surface area contributed by atoms with Crippen LogP contribution >= 0.6 is 34.4 Å². The maximum Gasteiger partial charge on any atom is 0.293 e. The van der Waals surface area contributed by atoms with Crippen molar-refractivity contribution < 1.29 is 28.2 Å². The summed E-state index contributed by atoms with van der Waals surface area (Å²) in [7, 11) is 1.51. The van der Waals surface area contributed by atoms with Gasteiger partial charge in [-0.05, 0) is 75.6 Å². The molecule has 0 aromatic heterocycles. The summed E-state index contributed by atoms with van der Waals surface area (Å²) >= 11 is 2.99. The van der Waals surface area contributed by atoms with Crippen molar-refractivity contribution in [2.45, 2.75) is 6.61 Å². The van der Waals surface area contributed by atoms with Crippen LogP contribution in [0.5, 0.6) is 17.2 Å². The van der Waals surface area contributed by atoms with Crippen molar-refractivity contribution in [2.75, 3.05) is 20.3 Å². The van der Waals surface area contributed by atoms with Gasteiger partial charge in [0, 0.05) is 10.9 Å². The Balaban J connectivity index is 1.27. The Labute approximate surface area is 242 Å². The topological polar surface area (TPSA) is 65.1 Å². The maximum absolute atomic E-state index is 14.0. The molecule has 1 saturated heterocycles. The fourth-order valence-electron chi connectivity index (χ4n) is 4.14. The number of methoxy groups -OCH3 is 1. The largest absolute Gasteiger partial charge is 0.493 e. The SMILES string of the molecule is COc1cc(/C=C2\SC(=O)N(CCOc3cccc4ccccc34)C2=O)cc(I)c1OCc1ccccc1F. The fourth-order valence-corrected chi connectivity index (χ4v) is 5.79. The smallest absolute Gasteiger partial charge is 0.293 e. The van der Waals surface area contributed by atoms with Crippen LogP contribution in [-0.4, -0.2) is 36.3 Å². The quantitative estimate of drug-likeness (QED) is 0.140. The van der Waals surface area contributed by atoms with Crippen molar-refractivity contribution >= 4 is 62.3 Å². The number of carbonyl (C=O) groups is 2. The van der Waals surface area contributed by atoms with Gasteiger partial charge in [0.05, 0.1) is 22.1 Å². The van der Waals surface area contributed by atoms with Crippen molar-refractivity contribution in [3.05, 3.63) is 104 Å². The lowest BCUT2D eigenvalue weighted by atomic mass is 10.1. The van der Waals surface area contributed by atoms with E-state index < -0.39 is 0 Å². The molecule has 0 aliphatic carbocycles. The molecule has 4 aromatic rings. The minimum Gasteiger partial charge on any atom is -0.493 e. The first-order chi connectivity index (χ1) is 18.9. The second-order valence-corrected chi connectivity index (χ2v) is 10.7. The molecule has 0 atom stereocenters. The molecule has 5 rings (SSSR count). The van der Waals surface area contributed by atoms with Gasteiger partial charge in [-0.1, -0.05) is 54.6 Å². The van der Waals surface area contributed by atoms with Crippen LogP contribution in [0.3, 0.4) is 0 Å². The van der Waals surface area contributed by atoms with E-state index in [1.54, 1.807) is 30.3 Å². The molecule has 1 heterocycles. The molecule has 198 valence electrons. The predicted molar refractivity (Wildman–Crippen MR) is 159 cm³/mol. The van der Waals surface area contributed by atoms with Crippen molar-refractivity contribution in [3.8, 4) is 17.2 Å². The number of hydrogen-bond acceptors (Lipinski definition) is 6. The molecule has 1 aliphatic rings. The lowest BCUT2D eigenvalue weighted by Crippen LogP contribution is -2.32. The molecule has 0 unspecified atom stereocenters. The predicted octanol–water partition coefficient (Wildman–Crippen LogP) is 7.29. The lowest BCUT2D eigenvalue weighted by molar-refractivity contribution is -0.123. The normalized spacial score (nSPS) is 14.3. The summed E-state index contributed by atoms with van der Waals surface area (Å²) in [6.45, 7) is 0.353. The minimum atomic E-state index is -0.375. The van der Waals surface area contributed by atoms with Crippen molar-refractivity contribution in [3.63, 3.8) is 0 Å². The highest BCUT2D eigenvalue weighted by Gasteiger charge is 2.35. The molecule has 1 fully saturated rings. The first-order valence-corrected chi connectivity index (χ1v) is 13.9. The fraction of sp³-hybridized carbons (Fsp3) is 0.133. The number of halogens is 2. The molecule has 0 spiro atoms. The zero-order chi connectivity index (χ0) is 27.4. The summed E-state index contributed by atoms with van der Waals surface area (Å²) in [6, 6.07) is 23.6. The standard InChI is InChI=1S/C30H23FINO5S/c1-36-26-16-19(15-24(32)28(26)38-18-21-8-3-5-11-23(21)31)17-27-29(34)33(30(35)39-27)13-14-37-25-12-6-9-20-7-2-4-10-22(20)25/h2-12,15-17H,13-14,18H2,1H3/b27-17-. The second-order valence-electron chi connectivity index (χ2n) is 8.57. The van der Waals surface area contributed by atoms with E-state index in [1.165, 1.54) is 18.1 Å². The first kappa shape index (κ1) is 27.0. The lowest BCUT2D eigenvalue weighted by Gasteiger charge is -2.15. The Kier molecular flexibility index (Phi) is 8.37. The third-order valence-electron chi connectivity index (χ3n) is 6.08. The van der Waals surface area contributed by atoms with Crippen molar-refractivity contribution in [1.82, 2.24) is 4.90 Å². The summed E-state index contributed by atoms with van der Waals surface area (Å²) in [5.74, 6) is 0.890. The van der Waals surface area contributed by atoms with E-state index in [2.05, 4.69) is 22.6 Å². The molecule has 0 N–H and O–H groups in total. The van der Waals surface area contributed by atoms with Crippen LogP contribution in [0.1, 0.15) is 11.1 Å². The Morgan fingerprint density at radius 1 is 0.949 bits per heavy atom. The van der Waals surface area contributed by atoms with Gasteiger partial charge in [0.2, 0.25) is 0 Å². The Morgan fingerprint density at radius 2 is 1.72 bits per heavy atom. The van der Waals surface area contributed by atoms with Gasteiger partial charge >= 0.3 is 0 Å². The number of fused-ring (bicyclic) bond motifs is 1. The minimum absolute atomic E-state index is 0.0398. The molecular formula is C30H23FINO5S. The van der Waals surface area contributed by atoms with Gasteiger partial charge in [0.15, 0.2) is 11.5 Å². The molecule has 39 heavy (non-hydrogen) atoms. The van der Waals surface area contributed by atoms with E-state index in [1.807, 2.05) is 48.5 Å². The number of rotatable bonds is 9. The van der Waals surface area contributed by atoms with Gasteiger partial charge in [-0.3, -0.25) is 14.5 Å². The first-order valence-electron chi connectivity index (χ1n) is 12.0. The molecule has 2 amide bonds. The molecule has 1 aliphatic heterocycles. The van der Waals surface area contributed by atoms with E-state index >= 15 is 0 Å². The van der Waals surface area contributed by atoms with Crippen LogP contribution in [0.2, 0.25) is 0 Å². The third kappa shape index (κ3) is 6.04. The van der Waals surface area contributed by atoms with E-state index in [0.717, 1.165) is 26.1 Å². The molecule has 0 bridgehead atoms. The maximum atomic E-state index is 14.0. The van der Waals surface area contributed by atoms with E-state index in [0.29, 0.717) is 33.3 Å². The Morgan fingerprint density at radius 3 is 2.54 bits per heavy atom. The molecular weight excluding hydrogens is 632 g/mol. The van der Waals surface area contributed by atoms with Gasteiger partial charge in [-0.2, -0.15) is 0 Å². The molecule has 4 aromatic carbocycles. The van der Waals surface area contributed by atoms with Crippen LogP contribution in [0, 0.1) is 9.39 Å². The number of nitrogens with zero attached hydrogens (tertiary/aromatic N) is 1. The summed E-state index contributed by atoms with van der Waals surface area (Å²) < 4.78 is 32.0. The Hall–Kier alpha value is -3.57. The molecule has 0 saturated carbocycles.